The summed E-state index contributed by atoms with van der Waals surface area (Å²) < 4.78 is 5.13. The number of ether oxygens (including phenoxy) is 1. The van der Waals surface area contributed by atoms with Gasteiger partial charge < -0.3 is 9.84 Å². The molecule has 0 heterocycles. The average molecular weight is 304 g/mol. The fourth-order valence-corrected chi connectivity index (χ4v) is 3.34. The summed E-state index contributed by atoms with van der Waals surface area (Å²) in [5.74, 6) is -0.798. The van der Waals surface area contributed by atoms with Crippen LogP contribution < -0.4 is 0 Å². The van der Waals surface area contributed by atoms with Crippen molar-refractivity contribution >= 4 is 11.8 Å². The quantitative estimate of drug-likeness (QED) is 0.670. The van der Waals surface area contributed by atoms with Crippen molar-refractivity contribution in [3.8, 4) is 0 Å². The molecule has 1 aromatic carbocycles. The van der Waals surface area contributed by atoms with Crippen LogP contribution in [0.4, 0.5) is 0 Å². The first-order chi connectivity index (χ1) is 10.3. The molecule has 120 valence electrons. The molecule has 0 saturated heterocycles. The van der Waals surface area contributed by atoms with Gasteiger partial charge in [0, 0.05) is 6.42 Å². The van der Waals surface area contributed by atoms with Gasteiger partial charge in [0.1, 0.15) is 0 Å². The highest BCUT2D eigenvalue weighted by molar-refractivity contribution is 6.06. The molecule has 0 aliphatic heterocycles. The zero-order chi connectivity index (χ0) is 16.4. The van der Waals surface area contributed by atoms with E-state index in [-0.39, 0.29) is 25.2 Å². The third-order valence-corrected chi connectivity index (χ3v) is 4.61. The average Bonchev–Trinajstić information content (AvgIpc) is 2.65. The van der Waals surface area contributed by atoms with Crippen LogP contribution in [0.15, 0.2) is 30.3 Å². The van der Waals surface area contributed by atoms with Crippen molar-refractivity contribution in [1.82, 2.24) is 0 Å². The molecule has 1 aliphatic rings. The number of benzene rings is 1. The molecule has 1 fully saturated rings. The van der Waals surface area contributed by atoms with Gasteiger partial charge in [0.2, 0.25) is 0 Å². The van der Waals surface area contributed by atoms with Crippen LogP contribution in [0.25, 0.3) is 0 Å². The second-order valence-corrected chi connectivity index (χ2v) is 6.67. The van der Waals surface area contributed by atoms with Crippen molar-refractivity contribution in [1.29, 1.82) is 0 Å². The van der Waals surface area contributed by atoms with Gasteiger partial charge in [0.25, 0.3) is 0 Å². The van der Waals surface area contributed by atoms with Crippen LogP contribution in [-0.2, 0) is 20.7 Å². The Balaban J connectivity index is 2.31. The first-order valence-electron chi connectivity index (χ1n) is 7.77. The molecule has 1 N–H and O–H groups in total. The van der Waals surface area contributed by atoms with Gasteiger partial charge in [-0.1, -0.05) is 44.2 Å². The van der Waals surface area contributed by atoms with Gasteiger partial charge in [-0.2, -0.15) is 0 Å². The SMILES string of the molecule is CCOC(=O)C1(CCc2ccccc2)C(=O)CC(C)(C)C1O. The lowest BCUT2D eigenvalue weighted by molar-refractivity contribution is -0.167. The van der Waals surface area contributed by atoms with Crippen LogP contribution in [0.2, 0.25) is 0 Å². The lowest BCUT2D eigenvalue weighted by atomic mass is 9.74. The third kappa shape index (κ3) is 2.80. The van der Waals surface area contributed by atoms with Crippen molar-refractivity contribution in [2.24, 2.45) is 10.8 Å². The number of aliphatic hydroxyl groups is 1. The number of carbonyl (C=O) groups excluding carboxylic acids is 2. The second-order valence-electron chi connectivity index (χ2n) is 6.67. The maximum absolute atomic E-state index is 12.6. The molecule has 0 amide bonds. The molecule has 0 radical (unpaired) electrons. The van der Waals surface area contributed by atoms with E-state index < -0.39 is 22.9 Å². The zero-order valence-electron chi connectivity index (χ0n) is 13.5. The van der Waals surface area contributed by atoms with Crippen LogP contribution in [0.1, 0.15) is 39.2 Å². The number of aliphatic hydroxyl groups excluding tert-OH is 1. The number of esters is 1. The first-order valence-corrected chi connectivity index (χ1v) is 7.77. The van der Waals surface area contributed by atoms with E-state index in [1.165, 1.54) is 0 Å². The number of Topliss-reactive ketones (excluding diaryl/α,β-unsaturated/α-hetero) is 1. The van der Waals surface area contributed by atoms with E-state index in [0.717, 1.165) is 5.56 Å². The van der Waals surface area contributed by atoms with Crippen LogP contribution in [0.5, 0.6) is 0 Å². The molecule has 4 heteroatoms. The Morgan fingerprint density at radius 1 is 1.32 bits per heavy atom. The monoisotopic (exact) mass is 304 g/mol. The molecule has 0 spiro atoms. The van der Waals surface area contributed by atoms with Crippen molar-refractivity contribution in [2.45, 2.75) is 46.1 Å². The van der Waals surface area contributed by atoms with E-state index in [1.807, 2.05) is 44.2 Å². The van der Waals surface area contributed by atoms with Gasteiger partial charge in [0.15, 0.2) is 11.2 Å². The summed E-state index contributed by atoms with van der Waals surface area (Å²) in [5.41, 5.74) is -1.01. The summed E-state index contributed by atoms with van der Waals surface area (Å²) in [6.07, 6.45) is 0.00909. The molecule has 2 rings (SSSR count). The van der Waals surface area contributed by atoms with E-state index in [4.69, 9.17) is 4.74 Å². The number of carbonyl (C=O) groups is 2. The van der Waals surface area contributed by atoms with Gasteiger partial charge in [-0.3, -0.25) is 9.59 Å². The maximum atomic E-state index is 12.6. The fourth-order valence-electron chi connectivity index (χ4n) is 3.34. The van der Waals surface area contributed by atoms with Crippen LogP contribution in [0, 0.1) is 10.8 Å². The van der Waals surface area contributed by atoms with Gasteiger partial charge in [-0.05, 0) is 30.7 Å². The normalized spacial score (nSPS) is 26.9. The molecule has 22 heavy (non-hydrogen) atoms. The lowest BCUT2D eigenvalue weighted by Crippen LogP contribution is -2.48. The van der Waals surface area contributed by atoms with Crippen molar-refractivity contribution < 1.29 is 19.4 Å². The highest BCUT2D eigenvalue weighted by atomic mass is 16.5. The summed E-state index contributed by atoms with van der Waals surface area (Å²) in [6.45, 7) is 5.55. The smallest absolute Gasteiger partial charge is 0.322 e. The summed E-state index contributed by atoms with van der Waals surface area (Å²) in [4.78, 5) is 25.1. The second kappa shape index (κ2) is 6.21. The van der Waals surface area contributed by atoms with Gasteiger partial charge in [-0.25, -0.2) is 0 Å². The minimum absolute atomic E-state index is 0.196. The Kier molecular flexibility index (Phi) is 4.71. The molecule has 1 aromatic rings. The highest BCUT2D eigenvalue weighted by Gasteiger charge is 2.62. The minimum atomic E-state index is -1.44. The van der Waals surface area contributed by atoms with Crippen molar-refractivity contribution in [3.63, 3.8) is 0 Å². The molecular formula is C18H24O4. The number of hydrogen-bond acceptors (Lipinski definition) is 4. The largest absolute Gasteiger partial charge is 0.465 e. The van der Waals surface area contributed by atoms with Gasteiger partial charge in [0.05, 0.1) is 12.7 Å². The van der Waals surface area contributed by atoms with E-state index in [0.29, 0.717) is 6.42 Å². The van der Waals surface area contributed by atoms with Crippen molar-refractivity contribution in [2.75, 3.05) is 6.61 Å². The Labute approximate surface area is 131 Å². The molecular weight excluding hydrogens is 280 g/mol. The molecule has 2 atom stereocenters. The number of rotatable bonds is 5. The predicted octanol–water partition coefficient (Wildman–Crippen LogP) is 2.53. The van der Waals surface area contributed by atoms with E-state index in [9.17, 15) is 14.7 Å². The van der Waals surface area contributed by atoms with Crippen LogP contribution in [0.3, 0.4) is 0 Å². The Morgan fingerprint density at radius 3 is 2.45 bits per heavy atom. The molecule has 1 saturated carbocycles. The Bertz CT molecular complexity index is 549. The van der Waals surface area contributed by atoms with Crippen LogP contribution in [-0.4, -0.2) is 29.6 Å². The summed E-state index contributed by atoms with van der Waals surface area (Å²) in [5, 5.41) is 10.7. The van der Waals surface area contributed by atoms with Crippen LogP contribution >= 0.6 is 0 Å². The lowest BCUT2D eigenvalue weighted by Gasteiger charge is -2.33. The van der Waals surface area contributed by atoms with E-state index in [2.05, 4.69) is 0 Å². The summed E-state index contributed by atoms with van der Waals surface area (Å²) in [6, 6.07) is 9.67. The van der Waals surface area contributed by atoms with Crippen molar-refractivity contribution in [3.05, 3.63) is 35.9 Å². The molecule has 1 aliphatic carbocycles. The number of aryl methyl sites for hydroxylation is 1. The fraction of sp³-hybridized carbons (Fsp3) is 0.556. The summed E-state index contributed by atoms with van der Waals surface area (Å²) in [7, 11) is 0. The Morgan fingerprint density at radius 2 is 1.95 bits per heavy atom. The van der Waals surface area contributed by atoms with Gasteiger partial charge >= 0.3 is 5.97 Å². The highest BCUT2D eigenvalue weighted by Crippen LogP contribution is 2.50. The maximum Gasteiger partial charge on any atom is 0.322 e. The molecule has 2 unspecified atom stereocenters. The standard InChI is InChI=1S/C18H24O4/c1-4-22-16(21)18(11-10-13-8-6-5-7-9-13)14(19)12-17(2,3)15(18)20/h5-9,15,20H,4,10-12H2,1-3H3. The zero-order valence-corrected chi connectivity index (χ0v) is 13.5. The van der Waals surface area contributed by atoms with E-state index in [1.54, 1.807) is 6.92 Å². The predicted molar refractivity (Wildman–Crippen MR) is 83.2 cm³/mol. The minimum Gasteiger partial charge on any atom is -0.465 e. The molecule has 0 aromatic heterocycles. The number of ketones is 1. The topological polar surface area (TPSA) is 63.6 Å². The molecule has 0 bridgehead atoms. The molecule has 4 nitrogen and oxygen atoms in total. The summed E-state index contributed by atoms with van der Waals surface area (Å²) >= 11 is 0. The number of hydrogen-bond donors (Lipinski definition) is 1. The Hall–Kier alpha value is -1.68. The van der Waals surface area contributed by atoms with E-state index >= 15 is 0 Å². The van der Waals surface area contributed by atoms with Gasteiger partial charge in [-0.15, -0.1) is 0 Å². The first kappa shape index (κ1) is 16.7. The third-order valence-electron chi connectivity index (χ3n) is 4.61.